The normalized spacial score (nSPS) is 12.7. The Morgan fingerprint density at radius 1 is 1.35 bits per heavy atom. The maximum Gasteiger partial charge on any atom is 0.153 e. The molecule has 0 fully saturated rings. The number of nitrogens with one attached hydrogen (secondary N) is 1. The van der Waals surface area contributed by atoms with Crippen molar-refractivity contribution in [3.63, 3.8) is 0 Å². The quantitative estimate of drug-likeness (QED) is 0.826. The van der Waals surface area contributed by atoms with Crippen LogP contribution in [0.25, 0.3) is 0 Å². The molecular weight excluding hydrogens is 391 g/mol. The third-order valence-corrected chi connectivity index (χ3v) is 3.94. The molecule has 2 aromatic rings. The fraction of sp³-hybridized carbons (Fsp3) is 0.385. The number of rotatable bonds is 5. The van der Waals surface area contributed by atoms with Crippen molar-refractivity contribution in [1.82, 2.24) is 20.3 Å². The molecule has 1 atom stereocenters. The van der Waals surface area contributed by atoms with Crippen molar-refractivity contribution in [2.45, 2.75) is 19.4 Å². The van der Waals surface area contributed by atoms with E-state index in [4.69, 9.17) is 0 Å². The van der Waals surface area contributed by atoms with E-state index in [9.17, 15) is 4.39 Å². The molecule has 108 valence electrons. The molecule has 20 heavy (non-hydrogen) atoms. The third-order valence-electron chi connectivity index (χ3n) is 2.92. The number of aromatic nitrogens is 3. The van der Waals surface area contributed by atoms with Gasteiger partial charge >= 0.3 is 0 Å². The summed E-state index contributed by atoms with van der Waals surface area (Å²) in [6.45, 7) is 2.90. The van der Waals surface area contributed by atoms with E-state index in [0.29, 0.717) is 9.08 Å². The Hall–Kier alpha value is -0.790. The smallest absolute Gasteiger partial charge is 0.153 e. The van der Waals surface area contributed by atoms with E-state index < -0.39 is 0 Å². The molecule has 1 unspecified atom stereocenters. The zero-order chi connectivity index (χ0) is 14.7. The number of hydrogen-bond donors (Lipinski definition) is 1. The van der Waals surface area contributed by atoms with Gasteiger partial charge < -0.3 is 5.32 Å². The van der Waals surface area contributed by atoms with Crippen LogP contribution in [-0.4, -0.2) is 21.5 Å². The first-order valence-electron chi connectivity index (χ1n) is 6.27. The van der Waals surface area contributed by atoms with E-state index in [-0.39, 0.29) is 11.9 Å². The van der Waals surface area contributed by atoms with Crippen LogP contribution < -0.4 is 5.32 Å². The molecule has 0 saturated heterocycles. The van der Waals surface area contributed by atoms with Crippen molar-refractivity contribution < 1.29 is 4.39 Å². The van der Waals surface area contributed by atoms with Gasteiger partial charge in [0.25, 0.3) is 0 Å². The molecule has 1 heterocycles. The average Bonchev–Trinajstić information content (AvgIpc) is 2.70. The lowest BCUT2D eigenvalue weighted by atomic mass is 10.0. The second-order valence-corrected chi connectivity index (χ2v) is 6.15. The van der Waals surface area contributed by atoms with E-state index in [1.54, 1.807) is 4.68 Å². The standard InChI is InChI=1S/C13H15Br2FN4/c1-3-4-17-11(12-13(15)18-19-20(12)2)8-5-9(14)7-10(16)6-8/h5-7,11,17H,3-4H2,1-2H3. The van der Waals surface area contributed by atoms with Gasteiger partial charge in [-0.15, -0.1) is 5.10 Å². The molecule has 0 aliphatic rings. The summed E-state index contributed by atoms with van der Waals surface area (Å²) >= 11 is 6.74. The van der Waals surface area contributed by atoms with Crippen molar-refractivity contribution in [1.29, 1.82) is 0 Å². The van der Waals surface area contributed by atoms with Crippen LogP contribution in [-0.2, 0) is 7.05 Å². The second kappa shape index (κ2) is 6.78. The van der Waals surface area contributed by atoms with Crippen LogP contribution in [0.5, 0.6) is 0 Å². The Labute approximate surface area is 134 Å². The van der Waals surface area contributed by atoms with Crippen LogP contribution >= 0.6 is 31.9 Å². The Morgan fingerprint density at radius 2 is 2.10 bits per heavy atom. The van der Waals surface area contributed by atoms with Crippen molar-refractivity contribution in [3.05, 3.63) is 44.3 Å². The van der Waals surface area contributed by atoms with Crippen LogP contribution in [0.4, 0.5) is 4.39 Å². The van der Waals surface area contributed by atoms with Crippen molar-refractivity contribution in [2.24, 2.45) is 7.05 Å². The summed E-state index contributed by atoms with van der Waals surface area (Å²) in [5, 5.41) is 11.4. The van der Waals surface area contributed by atoms with E-state index in [1.165, 1.54) is 12.1 Å². The zero-order valence-corrected chi connectivity index (χ0v) is 14.4. The fourth-order valence-corrected chi connectivity index (χ4v) is 3.09. The number of nitrogens with zero attached hydrogens (tertiary/aromatic N) is 3. The number of halogens is 3. The molecule has 1 aromatic heterocycles. The molecule has 0 radical (unpaired) electrons. The molecule has 7 heteroatoms. The maximum atomic E-state index is 13.6. The largest absolute Gasteiger partial charge is 0.305 e. The lowest BCUT2D eigenvalue weighted by Crippen LogP contribution is -2.25. The highest BCUT2D eigenvalue weighted by molar-refractivity contribution is 9.10. The fourth-order valence-electron chi connectivity index (χ4n) is 2.05. The van der Waals surface area contributed by atoms with E-state index in [2.05, 4.69) is 54.4 Å². The summed E-state index contributed by atoms with van der Waals surface area (Å²) in [5.74, 6) is -0.274. The van der Waals surface area contributed by atoms with Gasteiger partial charge in [-0.2, -0.15) is 0 Å². The van der Waals surface area contributed by atoms with Gasteiger partial charge in [0, 0.05) is 11.5 Å². The van der Waals surface area contributed by atoms with Gasteiger partial charge in [-0.3, -0.25) is 0 Å². The summed E-state index contributed by atoms with van der Waals surface area (Å²) in [4.78, 5) is 0. The molecule has 4 nitrogen and oxygen atoms in total. The summed E-state index contributed by atoms with van der Waals surface area (Å²) < 4.78 is 16.7. The molecule has 0 saturated carbocycles. The highest BCUT2D eigenvalue weighted by Gasteiger charge is 2.22. The van der Waals surface area contributed by atoms with Crippen LogP contribution in [0.15, 0.2) is 27.3 Å². The minimum Gasteiger partial charge on any atom is -0.305 e. The molecule has 0 spiro atoms. The minimum absolute atomic E-state index is 0.170. The monoisotopic (exact) mass is 404 g/mol. The van der Waals surface area contributed by atoms with E-state index in [1.807, 2.05) is 13.1 Å². The molecule has 0 aliphatic carbocycles. The van der Waals surface area contributed by atoms with Gasteiger partial charge in [0.2, 0.25) is 0 Å². The number of hydrogen-bond acceptors (Lipinski definition) is 3. The molecule has 0 aliphatic heterocycles. The first kappa shape index (κ1) is 15.6. The van der Waals surface area contributed by atoms with Gasteiger partial charge in [0.05, 0.1) is 11.7 Å². The summed E-state index contributed by atoms with van der Waals surface area (Å²) in [5.41, 5.74) is 1.70. The first-order valence-corrected chi connectivity index (χ1v) is 7.86. The van der Waals surface area contributed by atoms with Crippen molar-refractivity contribution in [3.8, 4) is 0 Å². The summed E-state index contributed by atoms with van der Waals surface area (Å²) in [7, 11) is 1.82. The average molecular weight is 406 g/mol. The van der Waals surface area contributed by atoms with Crippen LogP contribution in [0.2, 0.25) is 0 Å². The third kappa shape index (κ3) is 3.45. The predicted octanol–water partition coefficient (Wildman–Crippen LogP) is 3.57. The van der Waals surface area contributed by atoms with Crippen molar-refractivity contribution in [2.75, 3.05) is 6.54 Å². The van der Waals surface area contributed by atoms with Crippen LogP contribution in [0, 0.1) is 5.82 Å². The molecule has 2 rings (SSSR count). The lowest BCUT2D eigenvalue weighted by molar-refractivity contribution is 0.544. The summed E-state index contributed by atoms with van der Waals surface area (Å²) in [6, 6.07) is 4.70. The molecule has 0 amide bonds. The zero-order valence-electron chi connectivity index (χ0n) is 11.2. The Morgan fingerprint density at radius 3 is 2.65 bits per heavy atom. The maximum absolute atomic E-state index is 13.6. The minimum atomic E-state index is -0.274. The molecule has 1 aromatic carbocycles. The second-order valence-electron chi connectivity index (χ2n) is 4.48. The Kier molecular flexibility index (Phi) is 5.29. The molecule has 1 N–H and O–H groups in total. The van der Waals surface area contributed by atoms with Crippen molar-refractivity contribution >= 4 is 31.9 Å². The SMILES string of the molecule is CCCNC(c1cc(F)cc(Br)c1)c1c(Br)nnn1C. The van der Waals surface area contributed by atoms with E-state index in [0.717, 1.165) is 24.2 Å². The number of benzene rings is 1. The van der Waals surface area contributed by atoms with Gasteiger partial charge in [0.15, 0.2) is 4.60 Å². The number of aryl methyl sites for hydroxylation is 1. The Bertz CT molecular complexity index is 560. The predicted molar refractivity (Wildman–Crippen MR) is 82.9 cm³/mol. The van der Waals surface area contributed by atoms with Gasteiger partial charge in [-0.05, 0) is 52.7 Å². The van der Waals surface area contributed by atoms with Crippen LogP contribution in [0.1, 0.15) is 30.6 Å². The topological polar surface area (TPSA) is 42.7 Å². The first-order chi connectivity index (χ1) is 9.52. The van der Waals surface area contributed by atoms with Gasteiger partial charge in [0.1, 0.15) is 5.82 Å². The lowest BCUT2D eigenvalue weighted by Gasteiger charge is -2.19. The molecular formula is C13H15Br2FN4. The highest BCUT2D eigenvalue weighted by atomic mass is 79.9. The molecule has 0 bridgehead atoms. The summed E-state index contributed by atoms with van der Waals surface area (Å²) in [6.07, 6.45) is 0.982. The Balaban J connectivity index is 2.47. The van der Waals surface area contributed by atoms with Gasteiger partial charge in [-0.25, -0.2) is 9.07 Å². The van der Waals surface area contributed by atoms with Gasteiger partial charge in [-0.1, -0.05) is 28.1 Å². The highest BCUT2D eigenvalue weighted by Crippen LogP contribution is 2.29. The van der Waals surface area contributed by atoms with Crippen LogP contribution in [0.3, 0.4) is 0 Å². The van der Waals surface area contributed by atoms with E-state index >= 15 is 0 Å².